The van der Waals surface area contributed by atoms with E-state index in [9.17, 15) is 18.4 Å². The summed E-state index contributed by atoms with van der Waals surface area (Å²) in [6.45, 7) is 0. The molecule has 156 valence electrons. The van der Waals surface area contributed by atoms with Crippen molar-refractivity contribution < 1.29 is 13.2 Å². The second-order valence-corrected chi connectivity index (χ2v) is 8.38. The van der Waals surface area contributed by atoms with Crippen LogP contribution in [0.2, 0.25) is 0 Å². The molecular formula is C19H17F3N6S2. The van der Waals surface area contributed by atoms with Crippen LogP contribution in [0.4, 0.5) is 13.2 Å². The predicted molar refractivity (Wildman–Crippen MR) is 113 cm³/mol. The van der Waals surface area contributed by atoms with Gasteiger partial charge in [0.1, 0.15) is 15.2 Å². The Balaban J connectivity index is 1.63. The third-order valence-corrected chi connectivity index (χ3v) is 6.13. The van der Waals surface area contributed by atoms with E-state index in [-0.39, 0.29) is 15.7 Å². The van der Waals surface area contributed by atoms with Gasteiger partial charge in [-0.05, 0) is 35.5 Å². The summed E-state index contributed by atoms with van der Waals surface area (Å²) in [6.07, 6.45) is 0.104. The van der Waals surface area contributed by atoms with Crippen molar-refractivity contribution in [3.05, 3.63) is 75.0 Å². The molecule has 0 aromatic heterocycles. The van der Waals surface area contributed by atoms with E-state index in [2.05, 4.69) is 27.2 Å². The SMILES string of the molecule is CNC1=C(SC(=N)SCc2ccc(C(F)(F)F)cc2C#N)NNC(NC2=C=CC2)=C1. The van der Waals surface area contributed by atoms with E-state index in [4.69, 9.17) is 5.41 Å². The molecule has 0 bridgehead atoms. The van der Waals surface area contributed by atoms with E-state index in [0.717, 1.165) is 59.3 Å². The number of rotatable bonds is 6. The van der Waals surface area contributed by atoms with Crippen molar-refractivity contribution in [2.75, 3.05) is 7.05 Å². The maximum absolute atomic E-state index is 12.8. The first-order valence-corrected chi connectivity index (χ1v) is 10.5. The van der Waals surface area contributed by atoms with Crippen molar-refractivity contribution in [2.45, 2.75) is 18.3 Å². The smallest absolute Gasteiger partial charge is 0.386 e. The van der Waals surface area contributed by atoms with Gasteiger partial charge in [0.05, 0.1) is 28.6 Å². The van der Waals surface area contributed by atoms with Crippen LogP contribution in [-0.2, 0) is 11.9 Å². The third kappa shape index (κ3) is 5.36. The number of nitrogens with one attached hydrogen (secondary N) is 5. The van der Waals surface area contributed by atoms with Crippen LogP contribution in [0.3, 0.4) is 0 Å². The monoisotopic (exact) mass is 450 g/mol. The molecule has 5 N–H and O–H groups in total. The van der Waals surface area contributed by atoms with Crippen molar-refractivity contribution in [2.24, 2.45) is 0 Å². The van der Waals surface area contributed by atoms with Gasteiger partial charge in [-0.1, -0.05) is 17.8 Å². The Morgan fingerprint density at radius 1 is 1.37 bits per heavy atom. The minimum absolute atomic E-state index is 0.0410. The molecule has 0 saturated heterocycles. The Hall–Kier alpha value is -2.93. The molecule has 3 rings (SSSR count). The average Bonchev–Trinajstić information content (AvgIpc) is 2.69. The molecule has 0 fully saturated rings. The fourth-order valence-corrected chi connectivity index (χ4v) is 4.23. The lowest BCUT2D eigenvalue weighted by Gasteiger charge is -2.24. The van der Waals surface area contributed by atoms with Gasteiger partial charge in [-0.15, -0.1) is 5.73 Å². The molecular weight excluding hydrogens is 433 g/mol. The summed E-state index contributed by atoms with van der Waals surface area (Å²) in [5, 5.41) is 24.3. The van der Waals surface area contributed by atoms with Crippen molar-refractivity contribution in [1.29, 1.82) is 10.7 Å². The number of benzene rings is 1. The number of nitriles is 1. The van der Waals surface area contributed by atoms with Crippen LogP contribution in [0.15, 0.2) is 58.3 Å². The standard InChI is InChI=1S/C19H17F3N6S2/c1-25-15-8-16(26-14-3-2-4-14)27-28-17(15)30-18(24)29-10-11-5-6-13(19(20,21)22)7-12(11)9-23/h2,5-8,24-28H,3,10H2,1H3. The van der Waals surface area contributed by atoms with Gasteiger partial charge in [-0.25, -0.2) is 0 Å². The number of likely N-dealkylation sites (N-methyl/N-ethyl adjacent to an activating group) is 1. The van der Waals surface area contributed by atoms with Crippen molar-refractivity contribution >= 4 is 27.9 Å². The van der Waals surface area contributed by atoms with Crippen LogP contribution in [0.5, 0.6) is 0 Å². The van der Waals surface area contributed by atoms with Crippen LogP contribution < -0.4 is 21.5 Å². The lowest BCUT2D eigenvalue weighted by molar-refractivity contribution is -0.137. The molecule has 0 spiro atoms. The summed E-state index contributed by atoms with van der Waals surface area (Å²) in [6, 6.07) is 4.88. The summed E-state index contributed by atoms with van der Waals surface area (Å²) in [4.78, 5) is 0. The van der Waals surface area contributed by atoms with E-state index < -0.39 is 11.7 Å². The number of allylic oxidation sites excluding steroid dienone is 1. The second kappa shape index (κ2) is 9.26. The first kappa shape index (κ1) is 21.8. The maximum atomic E-state index is 12.8. The molecule has 1 aromatic rings. The topological polar surface area (TPSA) is 95.8 Å². The number of halogens is 3. The largest absolute Gasteiger partial charge is 0.416 e. The molecule has 2 aliphatic rings. The van der Waals surface area contributed by atoms with Gasteiger partial charge in [0.25, 0.3) is 0 Å². The normalized spacial score (nSPS) is 15.2. The quantitative estimate of drug-likeness (QED) is 0.255. The van der Waals surface area contributed by atoms with E-state index in [0.29, 0.717) is 10.6 Å². The second-order valence-electron chi connectivity index (χ2n) is 6.12. The molecule has 0 radical (unpaired) electrons. The molecule has 11 heteroatoms. The molecule has 0 saturated carbocycles. The Morgan fingerprint density at radius 2 is 2.13 bits per heavy atom. The predicted octanol–water partition coefficient (Wildman–Crippen LogP) is 3.85. The van der Waals surface area contributed by atoms with E-state index in [1.54, 1.807) is 13.1 Å². The first-order valence-electron chi connectivity index (χ1n) is 8.66. The molecule has 0 amide bonds. The van der Waals surface area contributed by atoms with Gasteiger partial charge in [0, 0.05) is 25.3 Å². The fraction of sp³-hybridized carbons (Fsp3) is 0.211. The summed E-state index contributed by atoms with van der Waals surface area (Å²) >= 11 is 2.29. The first-order chi connectivity index (χ1) is 14.3. The molecule has 1 heterocycles. The van der Waals surface area contributed by atoms with E-state index >= 15 is 0 Å². The summed E-state index contributed by atoms with van der Waals surface area (Å²) < 4.78 is 38.7. The Labute approximate surface area is 179 Å². The molecule has 1 aliphatic heterocycles. The number of hydrogen-bond acceptors (Lipinski definition) is 8. The number of hydrazine groups is 1. The Morgan fingerprint density at radius 3 is 2.73 bits per heavy atom. The van der Waals surface area contributed by atoms with Crippen molar-refractivity contribution in [3.8, 4) is 6.07 Å². The zero-order chi connectivity index (χ0) is 21.7. The summed E-state index contributed by atoms with van der Waals surface area (Å²) in [5.41, 5.74) is 10.3. The highest BCUT2D eigenvalue weighted by Gasteiger charge is 2.31. The van der Waals surface area contributed by atoms with Crippen molar-refractivity contribution in [3.63, 3.8) is 0 Å². The molecule has 1 aliphatic carbocycles. The lowest BCUT2D eigenvalue weighted by atomic mass is 10.1. The van der Waals surface area contributed by atoms with Gasteiger partial charge in [0.2, 0.25) is 0 Å². The molecule has 1 aromatic carbocycles. The zero-order valence-corrected chi connectivity index (χ0v) is 17.3. The molecule has 0 atom stereocenters. The highest BCUT2D eigenvalue weighted by Crippen LogP contribution is 2.32. The highest BCUT2D eigenvalue weighted by atomic mass is 32.2. The maximum Gasteiger partial charge on any atom is 0.416 e. The molecule has 6 nitrogen and oxygen atoms in total. The highest BCUT2D eigenvalue weighted by molar-refractivity contribution is 8.39. The number of nitrogens with zero attached hydrogens (tertiary/aromatic N) is 1. The summed E-state index contributed by atoms with van der Waals surface area (Å²) in [7, 11) is 1.76. The van der Waals surface area contributed by atoms with Crippen LogP contribution in [0.25, 0.3) is 0 Å². The van der Waals surface area contributed by atoms with Gasteiger partial charge in [0.15, 0.2) is 0 Å². The van der Waals surface area contributed by atoms with Gasteiger partial charge >= 0.3 is 6.18 Å². The van der Waals surface area contributed by atoms with E-state index in [1.807, 2.05) is 12.2 Å². The number of hydrogen-bond donors (Lipinski definition) is 5. The lowest BCUT2D eigenvalue weighted by Crippen LogP contribution is -2.40. The summed E-state index contributed by atoms with van der Waals surface area (Å²) in [5.74, 6) is 0.952. The minimum atomic E-state index is -4.50. The minimum Gasteiger partial charge on any atom is -0.386 e. The third-order valence-electron chi connectivity index (χ3n) is 4.09. The molecule has 30 heavy (non-hydrogen) atoms. The van der Waals surface area contributed by atoms with E-state index in [1.165, 1.54) is 6.07 Å². The zero-order valence-electron chi connectivity index (χ0n) is 15.7. The van der Waals surface area contributed by atoms with Gasteiger partial charge < -0.3 is 10.6 Å². The number of alkyl halides is 3. The van der Waals surface area contributed by atoms with Crippen LogP contribution >= 0.6 is 23.5 Å². The van der Waals surface area contributed by atoms with Gasteiger partial charge in [-0.2, -0.15) is 18.4 Å². The molecule has 0 unspecified atom stereocenters. The van der Waals surface area contributed by atoms with Crippen molar-refractivity contribution in [1.82, 2.24) is 21.5 Å². The fourth-order valence-electron chi connectivity index (χ4n) is 2.47. The Bertz CT molecular complexity index is 1030. The van der Waals surface area contributed by atoms with Crippen LogP contribution in [0.1, 0.15) is 23.1 Å². The average molecular weight is 451 g/mol. The number of thioether (sulfide) groups is 2. The van der Waals surface area contributed by atoms with Crippen LogP contribution in [-0.4, -0.2) is 11.4 Å². The van der Waals surface area contributed by atoms with Gasteiger partial charge in [-0.3, -0.25) is 16.3 Å². The Kier molecular flexibility index (Phi) is 6.72. The van der Waals surface area contributed by atoms with Crippen LogP contribution in [0, 0.1) is 16.7 Å².